The van der Waals surface area contributed by atoms with Gasteiger partial charge < -0.3 is 9.47 Å². The second-order valence-electron chi connectivity index (χ2n) is 5.03. The summed E-state index contributed by atoms with van der Waals surface area (Å²) in [5.74, 6) is 1.59. The first-order chi connectivity index (χ1) is 9.11. The number of nitrogens with zero attached hydrogens (tertiary/aromatic N) is 1. The Hall–Kier alpha value is -0.870. The molecule has 0 heterocycles. The van der Waals surface area contributed by atoms with Crippen LogP contribution in [0.1, 0.15) is 24.5 Å². The third-order valence-corrected chi connectivity index (χ3v) is 3.78. The maximum Gasteiger partial charge on any atom is 0.129 e. The van der Waals surface area contributed by atoms with Crippen molar-refractivity contribution in [2.75, 3.05) is 20.3 Å². The van der Waals surface area contributed by atoms with E-state index in [1.807, 2.05) is 12.3 Å². The molecule has 0 N–H and O–H groups in total. The zero-order valence-corrected chi connectivity index (χ0v) is 13.2. The fourth-order valence-electron chi connectivity index (χ4n) is 1.92. The molecule has 0 amide bonds. The van der Waals surface area contributed by atoms with Crippen molar-refractivity contribution < 1.29 is 9.47 Å². The first-order valence-electron chi connectivity index (χ1n) is 6.57. The van der Waals surface area contributed by atoms with E-state index in [4.69, 9.17) is 9.47 Å². The fourth-order valence-corrected chi connectivity index (χ4v) is 2.48. The van der Waals surface area contributed by atoms with Gasteiger partial charge in [0, 0.05) is 23.4 Å². The molecule has 19 heavy (non-hydrogen) atoms. The van der Waals surface area contributed by atoms with E-state index in [0.717, 1.165) is 21.7 Å². The minimum Gasteiger partial charge on any atom is -0.490 e. The Balaban J connectivity index is 2.16. The minimum absolute atomic E-state index is 0.495. The smallest absolute Gasteiger partial charge is 0.129 e. The topological polar surface area (TPSA) is 30.8 Å². The predicted molar refractivity (Wildman–Crippen MR) is 81.4 cm³/mol. The average Bonchev–Trinajstić information content (AvgIpc) is 3.04. The maximum absolute atomic E-state index is 5.77. The van der Waals surface area contributed by atoms with Gasteiger partial charge in [0.25, 0.3) is 0 Å². The van der Waals surface area contributed by atoms with Crippen molar-refractivity contribution in [3.05, 3.63) is 27.7 Å². The highest BCUT2D eigenvalue weighted by molar-refractivity contribution is 9.10. The Morgan fingerprint density at radius 3 is 2.79 bits per heavy atom. The molecule has 0 spiro atoms. The van der Waals surface area contributed by atoms with Crippen LogP contribution in [0.4, 0.5) is 0 Å². The first-order valence-corrected chi connectivity index (χ1v) is 7.36. The molecule has 2 atom stereocenters. The second kappa shape index (κ2) is 6.53. The zero-order chi connectivity index (χ0) is 13.8. The lowest BCUT2D eigenvalue weighted by Gasteiger charge is -2.11. The summed E-state index contributed by atoms with van der Waals surface area (Å²) in [4.78, 5) is 4.61. The van der Waals surface area contributed by atoms with Crippen molar-refractivity contribution >= 4 is 22.1 Å². The van der Waals surface area contributed by atoms with Gasteiger partial charge in [-0.3, -0.25) is 4.99 Å². The van der Waals surface area contributed by atoms with Gasteiger partial charge in [-0.2, -0.15) is 0 Å². The molecule has 1 aliphatic carbocycles. The van der Waals surface area contributed by atoms with Gasteiger partial charge in [-0.15, -0.1) is 0 Å². The molecule has 1 fully saturated rings. The molecule has 1 aliphatic rings. The number of hydrogen-bond donors (Lipinski definition) is 0. The van der Waals surface area contributed by atoms with Crippen LogP contribution in [0.3, 0.4) is 0 Å². The number of aliphatic imine (C=N–C) groups is 1. The molecule has 4 heteroatoms. The summed E-state index contributed by atoms with van der Waals surface area (Å²) in [5, 5.41) is 0. The normalized spacial score (nSPS) is 21.9. The average molecular weight is 326 g/mol. The number of methoxy groups -OCH3 is 1. The van der Waals surface area contributed by atoms with Gasteiger partial charge >= 0.3 is 0 Å². The van der Waals surface area contributed by atoms with E-state index in [0.29, 0.717) is 19.3 Å². The highest BCUT2D eigenvalue weighted by Gasteiger charge is 2.31. The SMILES string of the molecule is COCCOc1cc(Br)cc(C)c1C=NC1CC1C. The molecule has 0 radical (unpaired) electrons. The van der Waals surface area contributed by atoms with Gasteiger partial charge in [-0.25, -0.2) is 0 Å². The van der Waals surface area contributed by atoms with Crippen LogP contribution in [0, 0.1) is 12.8 Å². The predicted octanol–water partition coefficient (Wildman–Crippen LogP) is 3.61. The number of benzene rings is 1. The van der Waals surface area contributed by atoms with E-state index in [-0.39, 0.29) is 0 Å². The lowest BCUT2D eigenvalue weighted by Crippen LogP contribution is -2.07. The van der Waals surface area contributed by atoms with E-state index in [1.54, 1.807) is 7.11 Å². The number of aryl methyl sites for hydroxylation is 1. The zero-order valence-electron chi connectivity index (χ0n) is 11.6. The Kier molecular flexibility index (Phi) is 4.99. The van der Waals surface area contributed by atoms with Gasteiger partial charge in [0.1, 0.15) is 12.4 Å². The van der Waals surface area contributed by atoms with Crippen LogP contribution in [0.15, 0.2) is 21.6 Å². The van der Waals surface area contributed by atoms with E-state index in [1.165, 1.54) is 12.0 Å². The van der Waals surface area contributed by atoms with E-state index < -0.39 is 0 Å². The number of hydrogen-bond acceptors (Lipinski definition) is 3. The Morgan fingerprint density at radius 1 is 1.42 bits per heavy atom. The van der Waals surface area contributed by atoms with Gasteiger partial charge in [0.15, 0.2) is 0 Å². The van der Waals surface area contributed by atoms with E-state index in [2.05, 4.69) is 40.8 Å². The van der Waals surface area contributed by atoms with E-state index >= 15 is 0 Å². The minimum atomic E-state index is 0.495. The van der Waals surface area contributed by atoms with Crippen LogP contribution in [-0.4, -0.2) is 32.6 Å². The number of rotatable bonds is 6. The van der Waals surface area contributed by atoms with Crippen LogP contribution in [0.2, 0.25) is 0 Å². The van der Waals surface area contributed by atoms with Crippen molar-refractivity contribution in [1.82, 2.24) is 0 Å². The van der Waals surface area contributed by atoms with Crippen LogP contribution < -0.4 is 4.74 Å². The molecule has 104 valence electrons. The molecule has 0 aliphatic heterocycles. The van der Waals surface area contributed by atoms with Crippen molar-refractivity contribution in [3.8, 4) is 5.75 Å². The van der Waals surface area contributed by atoms with Crippen molar-refractivity contribution in [2.24, 2.45) is 10.9 Å². The molecule has 2 unspecified atom stereocenters. The highest BCUT2D eigenvalue weighted by Crippen LogP contribution is 2.33. The summed E-state index contributed by atoms with van der Waals surface area (Å²) >= 11 is 3.50. The fraction of sp³-hybridized carbons (Fsp3) is 0.533. The quantitative estimate of drug-likeness (QED) is 0.591. The lowest BCUT2D eigenvalue weighted by atomic mass is 10.1. The van der Waals surface area contributed by atoms with Crippen LogP contribution >= 0.6 is 15.9 Å². The Morgan fingerprint density at radius 2 is 2.16 bits per heavy atom. The molecular formula is C15H20BrNO2. The summed E-state index contributed by atoms with van der Waals surface area (Å²) in [7, 11) is 1.67. The van der Waals surface area contributed by atoms with Crippen molar-refractivity contribution in [3.63, 3.8) is 0 Å². The summed E-state index contributed by atoms with van der Waals surface area (Å²) < 4.78 is 11.8. The first kappa shape index (κ1) is 14.5. The van der Waals surface area contributed by atoms with Gasteiger partial charge in [0.2, 0.25) is 0 Å². The summed E-state index contributed by atoms with van der Waals surface area (Å²) in [5.41, 5.74) is 2.23. The van der Waals surface area contributed by atoms with Gasteiger partial charge in [-0.1, -0.05) is 22.9 Å². The summed E-state index contributed by atoms with van der Waals surface area (Å²) in [6.45, 7) is 5.44. The molecule has 1 aromatic rings. The summed E-state index contributed by atoms with van der Waals surface area (Å²) in [6.07, 6.45) is 3.16. The Labute approximate surface area is 123 Å². The van der Waals surface area contributed by atoms with Crippen LogP contribution in [-0.2, 0) is 4.74 Å². The third-order valence-electron chi connectivity index (χ3n) is 3.32. The molecule has 0 bridgehead atoms. The molecule has 3 nitrogen and oxygen atoms in total. The molecule has 0 aromatic heterocycles. The largest absolute Gasteiger partial charge is 0.490 e. The summed E-state index contributed by atoms with van der Waals surface area (Å²) in [6, 6.07) is 4.57. The molecule has 0 saturated heterocycles. The molecule has 2 rings (SSSR count). The van der Waals surface area contributed by atoms with Crippen molar-refractivity contribution in [1.29, 1.82) is 0 Å². The lowest BCUT2D eigenvalue weighted by molar-refractivity contribution is 0.146. The Bertz CT molecular complexity index is 473. The van der Waals surface area contributed by atoms with Gasteiger partial charge in [0.05, 0.1) is 12.6 Å². The third kappa shape index (κ3) is 4.05. The van der Waals surface area contributed by atoms with Crippen LogP contribution in [0.5, 0.6) is 5.75 Å². The standard InChI is InChI=1S/C15H20BrNO2/c1-10-6-12(16)8-15(19-5-4-18-3)13(10)9-17-14-7-11(14)2/h6,8-9,11,14H,4-5,7H2,1-3H3. The van der Waals surface area contributed by atoms with E-state index in [9.17, 15) is 0 Å². The van der Waals surface area contributed by atoms with Gasteiger partial charge in [-0.05, 0) is 37.0 Å². The molecule has 1 saturated carbocycles. The molecule has 1 aromatic carbocycles. The monoisotopic (exact) mass is 325 g/mol. The van der Waals surface area contributed by atoms with Crippen LogP contribution in [0.25, 0.3) is 0 Å². The highest BCUT2D eigenvalue weighted by atomic mass is 79.9. The second-order valence-corrected chi connectivity index (χ2v) is 5.95. The maximum atomic E-state index is 5.77. The van der Waals surface area contributed by atoms with Crippen molar-refractivity contribution in [2.45, 2.75) is 26.3 Å². The number of ether oxygens (including phenoxy) is 2. The molecular weight excluding hydrogens is 306 g/mol. The number of halogens is 1.